The van der Waals surface area contributed by atoms with Gasteiger partial charge < -0.3 is 4.74 Å². The number of hydrogen-bond donors (Lipinski definition) is 0. The Morgan fingerprint density at radius 1 is 1.40 bits per heavy atom. The Kier molecular flexibility index (Phi) is 4.15. The van der Waals surface area contributed by atoms with Crippen LogP contribution in [-0.2, 0) is 0 Å². The molecule has 0 saturated carbocycles. The van der Waals surface area contributed by atoms with Gasteiger partial charge in [-0.05, 0) is 34.5 Å². The van der Waals surface area contributed by atoms with Crippen molar-refractivity contribution >= 4 is 21.4 Å². The summed E-state index contributed by atoms with van der Waals surface area (Å²) in [4.78, 5) is 0. The van der Waals surface area contributed by atoms with Crippen molar-refractivity contribution in [3.63, 3.8) is 0 Å². The molecule has 0 fully saturated rings. The van der Waals surface area contributed by atoms with Crippen LogP contribution in [0.15, 0.2) is 22.9 Å². The van der Waals surface area contributed by atoms with Crippen LogP contribution in [0.2, 0.25) is 0 Å². The van der Waals surface area contributed by atoms with Crippen LogP contribution >= 0.6 is 15.9 Å². The summed E-state index contributed by atoms with van der Waals surface area (Å²) in [5.74, 6) is 0.837. The van der Waals surface area contributed by atoms with Gasteiger partial charge >= 0.3 is 0 Å². The lowest BCUT2D eigenvalue weighted by Crippen LogP contribution is -1.91. The Balaban J connectivity index is 0.000000531. The molecule has 0 amide bonds. The van der Waals surface area contributed by atoms with Crippen molar-refractivity contribution in [2.75, 3.05) is 7.11 Å². The summed E-state index contributed by atoms with van der Waals surface area (Å²) >= 11 is 3.39. The molecule has 0 aliphatic rings. The molecule has 82 valence electrons. The number of ether oxygens (including phenoxy) is 1. The van der Waals surface area contributed by atoms with E-state index in [4.69, 9.17) is 4.74 Å². The third-order valence-corrected chi connectivity index (χ3v) is 2.38. The predicted octanol–water partition coefficient (Wildman–Crippen LogP) is 3.44. The quantitative estimate of drug-likeness (QED) is 0.794. The molecular weight excluding hydrogens is 256 g/mol. The van der Waals surface area contributed by atoms with Gasteiger partial charge in [-0.3, -0.25) is 0 Å². The summed E-state index contributed by atoms with van der Waals surface area (Å²) in [6.07, 6.45) is 3.73. The number of rotatable bonds is 1. The van der Waals surface area contributed by atoms with Crippen LogP contribution in [0.1, 0.15) is 19.4 Å². The molecule has 0 unspecified atom stereocenters. The number of aromatic nitrogens is 2. The number of aryl methyl sites for hydroxylation is 1. The van der Waals surface area contributed by atoms with Gasteiger partial charge in [0.25, 0.3) is 0 Å². The van der Waals surface area contributed by atoms with Gasteiger partial charge in [-0.1, -0.05) is 13.8 Å². The van der Waals surface area contributed by atoms with Gasteiger partial charge in [0.15, 0.2) is 0 Å². The maximum absolute atomic E-state index is 5.26. The van der Waals surface area contributed by atoms with Crippen molar-refractivity contribution in [2.24, 2.45) is 0 Å². The molecule has 0 aliphatic carbocycles. The molecule has 2 aromatic rings. The molecule has 0 atom stereocenters. The third kappa shape index (κ3) is 2.31. The van der Waals surface area contributed by atoms with E-state index in [1.165, 1.54) is 0 Å². The van der Waals surface area contributed by atoms with Gasteiger partial charge in [0.2, 0.25) is 0 Å². The van der Waals surface area contributed by atoms with E-state index in [9.17, 15) is 0 Å². The van der Waals surface area contributed by atoms with Gasteiger partial charge in [-0.25, -0.2) is 4.52 Å². The van der Waals surface area contributed by atoms with E-state index < -0.39 is 0 Å². The fourth-order valence-corrected chi connectivity index (χ4v) is 1.76. The van der Waals surface area contributed by atoms with Crippen molar-refractivity contribution in [1.82, 2.24) is 9.61 Å². The number of methoxy groups -OCH3 is 1. The summed E-state index contributed by atoms with van der Waals surface area (Å²) in [7, 11) is 1.66. The minimum Gasteiger partial charge on any atom is -0.494 e. The molecule has 0 aliphatic heterocycles. The Morgan fingerprint density at radius 2 is 2.07 bits per heavy atom. The van der Waals surface area contributed by atoms with E-state index >= 15 is 0 Å². The van der Waals surface area contributed by atoms with Crippen LogP contribution in [0.5, 0.6) is 5.75 Å². The van der Waals surface area contributed by atoms with E-state index in [1.807, 2.05) is 39.2 Å². The first-order chi connectivity index (χ1) is 7.22. The van der Waals surface area contributed by atoms with Crippen molar-refractivity contribution in [1.29, 1.82) is 0 Å². The van der Waals surface area contributed by atoms with Gasteiger partial charge in [-0.15, -0.1) is 0 Å². The average Bonchev–Trinajstić information content (AvgIpc) is 2.62. The molecule has 0 N–H and O–H groups in total. The van der Waals surface area contributed by atoms with E-state index in [-0.39, 0.29) is 0 Å². The van der Waals surface area contributed by atoms with Gasteiger partial charge in [0.05, 0.1) is 13.3 Å². The molecule has 2 heterocycles. The molecule has 4 heteroatoms. The number of halogens is 1. The summed E-state index contributed by atoms with van der Waals surface area (Å²) in [6, 6.07) is 1.93. The van der Waals surface area contributed by atoms with Crippen molar-refractivity contribution in [3.8, 4) is 5.75 Å². The summed E-state index contributed by atoms with van der Waals surface area (Å²) in [5.41, 5.74) is 2.13. The topological polar surface area (TPSA) is 26.5 Å². The van der Waals surface area contributed by atoms with Crippen LogP contribution in [0.4, 0.5) is 0 Å². The normalized spacial score (nSPS) is 9.67. The Morgan fingerprint density at radius 3 is 2.67 bits per heavy atom. The molecular formula is C11H15BrN2O. The van der Waals surface area contributed by atoms with Crippen LogP contribution < -0.4 is 4.74 Å². The second kappa shape index (κ2) is 5.16. The monoisotopic (exact) mass is 270 g/mol. The third-order valence-electron chi connectivity index (χ3n) is 1.95. The molecule has 2 rings (SSSR count). The largest absolute Gasteiger partial charge is 0.494 e. The highest BCUT2D eigenvalue weighted by Gasteiger charge is 2.07. The molecule has 3 nitrogen and oxygen atoms in total. The fraction of sp³-hybridized carbons (Fsp3) is 0.364. The lowest BCUT2D eigenvalue weighted by Gasteiger charge is -2.03. The summed E-state index contributed by atoms with van der Waals surface area (Å²) < 4.78 is 8.02. The van der Waals surface area contributed by atoms with Crippen molar-refractivity contribution in [3.05, 3.63) is 28.5 Å². The second-order valence-electron chi connectivity index (χ2n) is 2.85. The van der Waals surface area contributed by atoms with E-state index in [1.54, 1.807) is 11.6 Å². The van der Waals surface area contributed by atoms with E-state index in [0.29, 0.717) is 0 Å². The number of pyridine rings is 1. The van der Waals surface area contributed by atoms with Crippen LogP contribution in [0.25, 0.3) is 5.52 Å². The minimum absolute atomic E-state index is 0.837. The molecule has 15 heavy (non-hydrogen) atoms. The maximum atomic E-state index is 5.26. The smallest absolute Gasteiger partial charge is 0.146 e. The molecule has 2 aromatic heterocycles. The van der Waals surface area contributed by atoms with Crippen LogP contribution in [-0.4, -0.2) is 16.7 Å². The zero-order valence-corrected chi connectivity index (χ0v) is 11.0. The first-order valence-corrected chi connectivity index (χ1v) is 5.69. The highest BCUT2D eigenvalue weighted by atomic mass is 79.9. The first kappa shape index (κ1) is 12.0. The highest BCUT2D eigenvalue weighted by molar-refractivity contribution is 9.10. The maximum Gasteiger partial charge on any atom is 0.146 e. The minimum atomic E-state index is 0.837. The van der Waals surface area contributed by atoms with E-state index in [2.05, 4.69) is 21.0 Å². The first-order valence-electron chi connectivity index (χ1n) is 4.90. The standard InChI is InChI=1S/C9H9BrN2O.C2H6/c1-6-4-11-12-5-7(10)3-8(13-2)9(6)12;1-2/h3-5H,1-2H3;1-2H3. The molecule has 0 spiro atoms. The fourth-order valence-electron chi connectivity index (χ4n) is 1.36. The Hall–Kier alpha value is -1.03. The van der Waals surface area contributed by atoms with E-state index in [0.717, 1.165) is 21.3 Å². The molecule has 0 radical (unpaired) electrons. The Labute approximate surface area is 98.2 Å². The second-order valence-corrected chi connectivity index (χ2v) is 3.76. The SMILES string of the molecule is CC.COc1cc(Br)cn2ncc(C)c12. The van der Waals surface area contributed by atoms with Gasteiger partial charge in [0, 0.05) is 10.7 Å². The average molecular weight is 271 g/mol. The molecule has 0 aromatic carbocycles. The lowest BCUT2D eigenvalue weighted by molar-refractivity contribution is 0.417. The summed E-state index contributed by atoms with van der Waals surface area (Å²) in [5, 5.41) is 4.19. The lowest BCUT2D eigenvalue weighted by atomic mass is 10.3. The van der Waals surface area contributed by atoms with Gasteiger partial charge in [0.1, 0.15) is 11.3 Å². The van der Waals surface area contributed by atoms with Crippen molar-refractivity contribution < 1.29 is 4.74 Å². The Bertz CT molecular complexity index is 451. The predicted molar refractivity (Wildman–Crippen MR) is 65.5 cm³/mol. The van der Waals surface area contributed by atoms with Crippen molar-refractivity contribution in [2.45, 2.75) is 20.8 Å². The van der Waals surface area contributed by atoms with Gasteiger partial charge in [-0.2, -0.15) is 5.10 Å². The number of hydrogen-bond acceptors (Lipinski definition) is 2. The molecule has 0 saturated heterocycles. The van der Waals surface area contributed by atoms with Crippen LogP contribution in [0.3, 0.4) is 0 Å². The zero-order chi connectivity index (χ0) is 11.4. The van der Waals surface area contributed by atoms with Crippen LogP contribution in [0, 0.1) is 6.92 Å². The molecule has 0 bridgehead atoms. The highest BCUT2D eigenvalue weighted by Crippen LogP contribution is 2.26. The number of fused-ring (bicyclic) bond motifs is 1. The number of nitrogens with zero attached hydrogens (tertiary/aromatic N) is 2. The summed E-state index contributed by atoms with van der Waals surface area (Å²) in [6.45, 7) is 6.01. The zero-order valence-electron chi connectivity index (χ0n) is 9.41.